The second-order valence-corrected chi connectivity index (χ2v) is 4.26. The Morgan fingerprint density at radius 3 is 2.68 bits per heavy atom. The van der Waals surface area contributed by atoms with Crippen LogP contribution in [0.15, 0.2) is 24.3 Å². The van der Waals surface area contributed by atoms with Gasteiger partial charge in [0.2, 0.25) is 5.91 Å². The number of benzene rings is 1. The molecule has 0 aliphatic rings. The van der Waals surface area contributed by atoms with Crippen molar-refractivity contribution in [1.82, 2.24) is 5.32 Å². The summed E-state index contributed by atoms with van der Waals surface area (Å²) in [5, 5.41) is 2.87. The summed E-state index contributed by atoms with van der Waals surface area (Å²) in [7, 11) is 3.19. The lowest BCUT2D eigenvalue weighted by atomic mass is 10.1. The van der Waals surface area contributed by atoms with E-state index in [2.05, 4.69) is 5.32 Å². The molecule has 0 aliphatic heterocycles. The second kappa shape index (κ2) is 7.46. The van der Waals surface area contributed by atoms with E-state index in [0.717, 1.165) is 17.7 Å². The first kappa shape index (κ1) is 15.1. The average Bonchev–Trinajstić information content (AvgIpc) is 2.44. The summed E-state index contributed by atoms with van der Waals surface area (Å²) in [5.41, 5.74) is 0.836. The van der Waals surface area contributed by atoms with E-state index in [1.807, 2.05) is 26.0 Å². The lowest BCUT2D eigenvalue weighted by Crippen LogP contribution is -2.30. The van der Waals surface area contributed by atoms with Crippen LogP contribution in [0.5, 0.6) is 11.5 Å². The van der Waals surface area contributed by atoms with Crippen molar-refractivity contribution in [1.29, 1.82) is 0 Å². The molecular formula is C15H21NO3. The topological polar surface area (TPSA) is 47.6 Å². The van der Waals surface area contributed by atoms with Crippen LogP contribution in [0.25, 0.3) is 6.08 Å². The minimum absolute atomic E-state index is 0.104. The summed E-state index contributed by atoms with van der Waals surface area (Å²) >= 11 is 0. The monoisotopic (exact) mass is 263 g/mol. The fraction of sp³-hybridized carbons (Fsp3) is 0.400. The van der Waals surface area contributed by atoms with Crippen molar-refractivity contribution in [3.05, 3.63) is 29.8 Å². The third kappa shape index (κ3) is 4.66. The lowest BCUT2D eigenvalue weighted by molar-refractivity contribution is -0.117. The summed E-state index contributed by atoms with van der Waals surface area (Å²) in [6.45, 7) is 4.00. The SMILES string of the molecule is CC[C@@H](C)NC(=O)/C=C/c1ccc(OC)cc1OC. The van der Waals surface area contributed by atoms with Gasteiger partial charge in [-0.1, -0.05) is 6.92 Å². The highest BCUT2D eigenvalue weighted by Gasteiger charge is 2.04. The van der Waals surface area contributed by atoms with E-state index >= 15 is 0 Å². The van der Waals surface area contributed by atoms with Gasteiger partial charge in [0.25, 0.3) is 0 Å². The average molecular weight is 263 g/mol. The Morgan fingerprint density at radius 2 is 2.11 bits per heavy atom. The van der Waals surface area contributed by atoms with E-state index in [1.165, 1.54) is 6.08 Å². The molecule has 0 fully saturated rings. The van der Waals surface area contributed by atoms with Gasteiger partial charge in [0.1, 0.15) is 11.5 Å². The lowest BCUT2D eigenvalue weighted by Gasteiger charge is -2.09. The van der Waals surface area contributed by atoms with E-state index in [4.69, 9.17) is 9.47 Å². The summed E-state index contributed by atoms with van der Waals surface area (Å²) in [6.07, 6.45) is 4.15. The van der Waals surface area contributed by atoms with Gasteiger partial charge in [-0.05, 0) is 31.6 Å². The molecule has 0 radical (unpaired) electrons. The number of carbonyl (C=O) groups excluding carboxylic acids is 1. The van der Waals surface area contributed by atoms with Crippen molar-refractivity contribution in [2.24, 2.45) is 0 Å². The van der Waals surface area contributed by atoms with Crippen LogP contribution in [0.3, 0.4) is 0 Å². The van der Waals surface area contributed by atoms with Gasteiger partial charge in [0, 0.05) is 23.7 Å². The first-order valence-corrected chi connectivity index (χ1v) is 6.31. The molecule has 1 aromatic rings. The van der Waals surface area contributed by atoms with Crippen LogP contribution in [-0.4, -0.2) is 26.2 Å². The van der Waals surface area contributed by atoms with Crippen LogP contribution in [-0.2, 0) is 4.79 Å². The minimum Gasteiger partial charge on any atom is -0.497 e. The quantitative estimate of drug-likeness (QED) is 0.803. The molecule has 0 spiro atoms. The summed E-state index contributed by atoms with van der Waals surface area (Å²) < 4.78 is 10.4. The highest BCUT2D eigenvalue weighted by molar-refractivity contribution is 5.92. The zero-order valence-corrected chi connectivity index (χ0v) is 11.9. The Kier molecular flexibility index (Phi) is 5.93. The Hall–Kier alpha value is -1.97. The fourth-order valence-corrected chi connectivity index (χ4v) is 1.51. The second-order valence-electron chi connectivity index (χ2n) is 4.26. The number of rotatable bonds is 6. The number of ether oxygens (including phenoxy) is 2. The van der Waals surface area contributed by atoms with E-state index < -0.39 is 0 Å². The molecular weight excluding hydrogens is 242 g/mol. The molecule has 0 saturated carbocycles. The molecule has 0 aromatic heterocycles. The van der Waals surface area contributed by atoms with E-state index in [0.29, 0.717) is 5.75 Å². The first-order chi connectivity index (χ1) is 9.10. The highest BCUT2D eigenvalue weighted by Crippen LogP contribution is 2.25. The molecule has 0 unspecified atom stereocenters. The third-order valence-electron chi connectivity index (χ3n) is 2.86. The number of carbonyl (C=O) groups is 1. The number of hydrogen-bond donors (Lipinski definition) is 1. The Balaban J connectivity index is 2.78. The summed E-state index contributed by atoms with van der Waals surface area (Å²) in [6, 6.07) is 5.64. The molecule has 4 nitrogen and oxygen atoms in total. The zero-order chi connectivity index (χ0) is 14.3. The molecule has 0 bridgehead atoms. The van der Waals surface area contributed by atoms with Crippen molar-refractivity contribution >= 4 is 12.0 Å². The van der Waals surface area contributed by atoms with E-state index in [9.17, 15) is 4.79 Å². The number of methoxy groups -OCH3 is 2. The maximum atomic E-state index is 11.6. The Morgan fingerprint density at radius 1 is 1.37 bits per heavy atom. The van der Waals surface area contributed by atoms with Crippen molar-refractivity contribution in [3.63, 3.8) is 0 Å². The van der Waals surface area contributed by atoms with Gasteiger partial charge in [-0.3, -0.25) is 4.79 Å². The molecule has 104 valence electrons. The van der Waals surface area contributed by atoms with Crippen LogP contribution in [0, 0.1) is 0 Å². The first-order valence-electron chi connectivity index (χ1n) is 6.31. The van der Waals surface area contributed by atoms with Crippen LogP contribution >= 0.6 is 0 Å². The van der Waals surface area contributed by atoms with Gasteiger partial charge in [-0.25, -0.2) is 0 Å². The highest BCUT2D eigenvalue weighted by atomic mass is 16.5. The largest absolute Gasteiger partial charge is 0.497 e. The molecule has 1 atom stereocenters. The summed E-state index contributed by atoms with van der Waals surface area (Å²) in [5.74, 6) is 1.29. The van der Waals surface area contributed by atoms with Crippen molar-refractivity contribution in [2.75, 3.05) is 14.2 Å². The van der Waals surface area contributed by atoms with E-state index in [1.54, 1.807) is 26.4 Å². The fourth-order valence-electron chi connectivity index (χ4n) is 1.51. The Bertz CT molecular complexity index is 455. The van der Waals surface area contributed by atoms with Crippen LogP contribution < -0.4 is 14.8 Å². The van der Waals surface area contributed by atoms with Gasteiger partial charge in [-0.2, -0.15) is 0 Å². The van der Waals surface area contributed by atoms with Gasteiger partial charge in [-0.15, -0.1) is 0 Å². The molecule has 1 aromatic carbocycles. The number of amides is 1. The molecule has 0 heterocycles. The number of nitrogens with one attached hydrogen (secondary N) is 1. The maximum Gasteiger partial charge on any atom is 0.244 e. The standard InChI is InChI=1S/C15H21NO3/c1-5-11(2)16-15(17)9-7-12-6-8-13(18-3)10-14(12)19-4/h6-11H,5H2,1-4H3,(H,16,17)/b9-7+/t11-/m1/s1. The van der Waals surface area contributed by atoms with Crippen molar-refractivity contribution < 1.29 is 14.3 Å². The molecule has 0 saturated heterocycles. The minimum atomic E-state index is -0.104. The molecule has 1 N–H and O–H groups in total. The van der Waals surface area contributed by atoms with Gasteiger partial charge < -0.3 is 14.8 Å². The molecule has 0 aliphatic carbocycles. The van der Waals surface area contributed by atoms with Gasteiger partial charge in [0.15, 0.2) is 0 Å². The molecule has 19 heavy (non-hydrogen) atoms. The zero-order valence-electron chi connectivity index (χ0n) is 11.9. The van der Waals surface area contributed by atoms with Crippen LogP contribution in [0.1, 0.15) is 25.8 Å². The normalized spacial score (nSPS) is 12.2. The predicted molar refractivity (Wildman–Crippen MR) is 76.5 cm³/mol. The van der Waals surface area contributed by atoms with E-state index in [-0.39, 0.29) is 11.9 Å². The molecule has 1 amide bonds. The maximum absolute atomic E-state index is 11.6. The Labute approximate surface area is 114 Å². The number of hydrogen-bond acceptors (Lipinski definition) is 3. The van der Waals surface area contributed by atoms with Gasteiger partial charge >= 0.3 is 0 Å². The van der Waals surface area contributed by atoms with Crippen molar-refractivity contribution in [3.8, 4) is 11.5 Å². The van der Waals surface area contributed by atoms with Crippen LogP contribution in [0.4, 0.5) is 0 Å². The van der Waals surface area contributed by atoms with Gasteiger partial charge in [0.05, 0.1) is 14.2 Å². The predicted octanol–water partition coefficient (Wildman–Crippen LogP) is 2.63. The smallest absolute Gasteiger partial charge is 0.244 e. The van der Waals surface area contributed by atoms with Crippen LogP contribution in [0.2, 0.25) is 0 Å². The molecule has 4 heteroatoms. The molecule has 1 rings (SSSR count). The third-order valence-corrected chi connectivity index (χ3v) is 2.86. The van der Waals surface area contributed by atoms with Crippen molar-refractivity contribution in [2.45, 2.75) is 26.3 Å². The summed E-state index contributed by atoms with van der Waals surface area (Å²) in [4.78, 5) is 11.6.